The van der Waals surface area contributed by atoms with E-state index in [0.29, 0.717) is 11.3 Å². The van der Waals surface area contributed by atoms with Crippen molar-refractivity contribution in [1.82, 2.24) is 4.98 Å². The number of nitrogens with zero attached hydrogens (tertiary/aromatic N) is 2. The van der Waals surface area contributed by atoms with Crippen molar-refractivity contribution in [3.05, 3.63) is 62.9 Å². The Labute approximate surface area is 123 Å². The largest absolute Gasteiger partial charge is 0.489 e. The Morgan fingerprint density at radius 1 is 1.38 bits per heavy atom. The van der Waals surface area contributed by atoms with E-state index in [2.05, 4.69) is 4.98 Å². The molecule has 0 unspecified atom stereocenters. The third-order valence-corrected chi connectivity index (χ3v) is 2.87. The molecule has 2 rings (SSSR count). The van der Waals surface area contributed by atoms with Crippen LogP contribution in [0.4, 0.5) is 5.69 Å². The molecule has 0 amide bonds. The van der Waals surface area contributed by atoms with Crippen LogP contribution in [0.15, 0.2) is 36.5 Å². The molecule has 0 fully saturated rings. The van der Waals surface area contributed by atoms with Gasteiger partial charge in [0.2, 0.25) is 0 Å². The number of pyridine rings is 1. The molecule has 0 spiro atoms. The van der Waals surface area contributed by atoms with E-state index in [9.17, 15) is 14.9 Å². The Balaban J connectivity index is 2.10. The lowest BCUT2D eigenvalue weighted by molar-refractivity contribution is -0.384. The fourth-order valence-corrected chi connectivity index (χ4v) is 1.81. The van der Waals surface area contributed by atoms with Gasteiger partial charge in [-0.2, -0.15) is 0 Å². The van der Waals surface area contributed by atoms with Gasteiger partial charge in [-0.1, -0.05) is 11.6 Å². The molecule has 8 heteroatoms. The van der Waals surface area contributed by atoms with Gasteiger partial charge in [-0.05, 0) is 23.8 Å². The second-order valence-corrected chi connectivity index (χ2v) is 4.42. The first-order chi connectivity index (χ1) is 9.97. The molecular formula is C13H9ClN2O5. The van der Waals surface area contributed by atoms with Crippen molar-refractivity contribution in [2.75, 3.05) is 0 Å². The first-order valence-corrected chi connectivity index (χ1v) is 6.10. The van der Waals surface area contributed by atoms with Crippen LogP contribution in [0.2, 0.25) is 5.02 Å². The van der Waals surface area contributed by atoms with E-state index < -0.39 is 10.9 Å². The molecule has 0 aliphatic rings. The van der Waals surface area contributed by atoms with Crippen molar-refractivity contribution < 1.29 is 19.6 Å². The third-order valence-electron chi connectivity index (χ3n) is 2.56. The van der Waals surface area contributed by atoms with E-state index in [1.165, 1.54) is 30.5 Å². The standard InChI is InChI=1S/C13H9ClN2O5/c14-10-6-9(1-2-12(10)16(19)20)21-7-8-3-4-15-11(5-8)13(17)18/h1-6H,7H2,(H,17,18). The molecule has 0 aliphatic carbocycles. The second kappa shape index (κ2) is 6.19. The van der Waals surface area contributed by atoms with E-state index in [1.54, 1.807) is 6.07 Å². The first kappa shape index (κ1) is 14.7. The van der Waals surface area contributed by atoms with Gasteiger partial charge in [-0.15, -0.1) is 0 Å². The lowest BCUT2D eigenvalue weighted by Crippen LogP contribution is -2.03. The van der Waals surface area contributed by atoms with E-state index in [1.807, 2.05) is 0 Å². The maximum Gasteiger partial charge on any atom is 0.354 e. The molecule has 0 atom stereocenters. The van der Waals surface area contributed by atoms with Crippen LogP contribution in [0.3, 0.4) is 0 Å². The minimum atomic E-state index is -1.13. The van der Waals surface area contributed by atoms with Gasteiger partial charge in [0.05, 0.1) is 4.92 Å². The van der Waals surface area contributed by atoms with Gasteiger partial charge < -0.3 is 9.84 Å². The lowest BCUT2D eigenvalue weighted by atomic mass is 10.2. The van der Waals surface area contributed by atoms with Gasteiger partial charge in [-0.25, -0.2) is 9.78 Å². The number of hydrogen-bond donors (Lipinski definition) is 1. The summed E-state index contributed by atoms with van der Waals surface area (Å²) in [6.45, 7) is 0.0942. The van der Waals surface area contributed by atoms with Crippen LogP contribution < -0.4 is 4.74 Å². The molecule has 0 saturated carbocycles. The highest BCUT2D eigenvalue weighted by Gasteiger charge is 2.12. The minimum absolute atomic E-state index is 0.0292. The zero-order chi connectivity index (χ0) is 15.4. The van der Waals surface area contributed by atoms with Crippen molar-refractivity contribution in [3.8, 4) is 5.75 Å². The second-order valence-electron chi connectivity index (χ2n) is 4.01. The number of carbonyl (C=O) groups is 1. The van der Waals surface area contributed by atoms with Crippen LogP contribution in [-0.4, -0.2) is 21.0 Å². The fourth-order valence-electron chi connectivity index (χ4n) is 1.57. The van der Waals surface area contributed by atoms with Crippen molar-refractivity contribution >= 4 is 23.3 Å². The predicted octanol–water partition coefficient (Wildman–Crippen LogP) is 2.92. The highest BCUT2D eigenvalue weighted by Crippen LogP contribution is 2.28. The number of rotatable bonds is 5. The Hall–Kier alpha value is -2.67. The monoisotopic (exact) mass is 308 g/mol. The summed E-state index contributed by atoms with van der Waals surface area (Å²) in [5.74, 6) is -0.783. The molecule has 0 aliphatic heterocycles. The van der Waals surface area contributed by atoms with Gasteiger partial charge in [0.1, 0.15) is 23.1 Å². The molecular weight excluding hydrogens is 300 g/mol. The van der Waals surface area contributed by atoms with Crippen LogP contribution in [0.1, 0.15) is 16.1 Å². The van der Waals surface area contributed by atoms with Gasteiger partial charge in [-0.3, -0.25) is 10.1 Å². The molecule has 0 bridgehead atoms. The molecule has 7 nitrogen and oxygen atoms in total. The highest BCUT2D eigenvalue weighted by molar-refractivity contribution is 6.32. The van der Waals surface area contributed by atoms with E-state index >= 15 is 0 Å². The third kappa shape index (κ3) is 3.67. The van der Waals surface area contributed by atoms with E-state index in [-0.39, 0.29) is 23.0 Å². The SMILES string of the molecule is O=C(O)c1cc(COc2ccc([N+](=O)[O-])c(Cl)c2)ccn1. The summed E-state index contributed by atoms with van der Waals surface area (Å²) in [5.41, 5.74) is 0.316. The number of nitro benzene ring substituents is 1. The number of carboxylic acid groups (broad SMARTS) is 1. The Morgan fingerprint density at radius 2 is 2.14 bits per heavy atom. The number of nitro groups is 1. The van der Waals surface area contributed by atoms with Gasteiger partial charge in [0.15, 0.2) is 0 Å². The average molecular weight is 309 g/mol. The summed E-state index contributed by atoms with van der Waals surface area (Å²) in [4.78, 5) is 24.5. The van der Waals surface area contributed by atoms with E-state index in [4.69, 9.17) is 21.4 Å². The molecule has 108 valence electrons. The molecule has 1 N–H and O–H groups in total. The normalized spacial score (nSPS) is 10.1. The van der Waals surface area contributed by atoms with Gasteiger partial charge in [0, 0.05) is 18.3 Å². The Kier molecular flexibility index (Phi) is 4.34. The lowest BCUT2D eigenvalue weighted by Gasteiger charge is -2.07. The number of hydrogen-bond acceptors (Lipinski definition) is 5. The Bertz CT molecular complexity index is 705. The fraction of sp³-hybridized carbons (Fsp3) is 0.0769. The van der Waals surface area contributed by atoms with Crippen LogP contribution >= 0.6 is 11.6 Å². The molecule has 0 saturated heterocycles. The zero-order valence-corrected chi connectivity index (χ0v) is 11.3. The van der Waals surface area contributed by atoms with Crippen LogP contribution in [0.5, 0.6) is 5.75 Å². The van der Waals surface area contributed by atoms with Gasteiger partial charge >= 0.3 is 5.97 Å². The summed E-state index contributed by atoms with van der Waals surface area (Å²) in [5, 5.41) is 19.4. The molecule has 0 radical (unpaired) electrons. The van der Waals surface area contributed by atoms with Crippen molar-refractivity contribution in [1.29, 1.82) is 0 Å². The van der Waals surface area contributed by atoms with E-state index in [0.717, 1.165) is 0 Å². The highest BCUT2D eigenvalue weighted by atomic mass is 35.5. The number of aromatic carboxylic acids is 1. The minimum Gasteiger partial charge on any atom is -0.489 e. The predicted molar refractivity (Wildman–Crippen MR) is 73.6 cm³/mol. The number of halogens is 1. The first-order valence-electron chi connectivity index (χ1n) is 5.72. The number of benzene rings is 1. The Morgan fingerprint density at radius 3 is 2.76 bits per heavy atom. The maximum absolute atomic E-state index is 10.8. The van der Waals surface area contributed by atoms with Crippen molar-refractivity contribution in [2.45, 2.75) is 6.61 Å². The maximum atomic E-state index is 10.8. The smallest absolute Gasteiger partial charge is 0.354 e. The van der Waals surface area contributed by atoms with Gasteiger partial charge in [0.25, 0.3) is 5.69 Å². The summed E-state index contributed by atoms with van der Waals surface area (Å²) < 4.78 is 5.41. The summed E-state index contributed by atoms with van der Waals surface area (Å²) in [7, 11) is 0. The molecule has 1 heterocycles. The van der Waals surface area contributed by atoms with Crippen LogP contribution in [0, 0.1) is 10.1 Å². The molecule has 21 heavy (non-hydrogen) atoms. The van der Waals surface area contributed by atoms with Crippen LogP contribution in [0.25, 0.3) is 0 Å². The topological polar surface area (TPSA) is 103 Å². The number of ether oxygens (including phenoxy) is 1. The van der Waals surface area contributed by atoms with Crippen molar-refractivity contribution in [3.63, 3.8) is 0 Å². The molecule has 1 aromatic heterocycles. The zero-order valence-electron chi connectivity index (χ0n) is 10.5. The summed E-state index contributed by atoms with van der Waals surface area (Å²) in [6, 6.07) is 6.99. The quantitative estimate of drug-likeness (QED) is 0.673. The summed E-state index contributed by atoms with van der Waals surface area (Å²) in [6.07, 6.45) is 1.37. The molecule has 2 aromatic rings. The molecule has 1 aromatic carbocycles. The van der Waals surface area contributed by atoms with Crippen LogP contribution in [-0.2, 0) is 6.61 Å². The number of aromatic nitrogens is 1. The van der Waals surface area contributed by atoms with Crippen molar-refractivity contribution in [2.24, 2.45) is 0 Å². The average Bonchev–Trinajstić information content (AvgIpc) is 2.45. The number of carboxylic acids is 1. The summed E-state index contributed by atoms with van der Waals surface area (Å²) >= 11 is 5.76.